The van der Waals surface area contributed by atoms with Crippen LogP contribution in [-0.2, 0) is 6.61 Å². The van der Waals surface area contributed by atoms with Gasteiger partial charge in [0.1, 0.15) is 5.82 Å². The van der Waals surface area contributed by atoms with Gasteiger partial charge in [-0.3, -0.25) is 4.79 Å². The summed E-state index contributed by atoms with van der Waals surface area (Å²) in [6, 6.07) is 3.83. The first-order valence-electron chi connectivity index (χ1n) is 3.54. The number of aliphatic hydroxyl groups is 1. The van der Waals surface area contributed by atoms with Crippen LogP contribution in [0.15, 0.2) is 18.2 Å². The van der Waals surface area contributed by atoms with Crippen molar-refractivity contribution in [3.8, 4) is 0 Å². The predicted molar refractivity (Wildman–Crippen MR) is 42.3 cm³/mol. The van der Waals surface area contributed by atoms with Gasteiger partial charge in [-0.15, -0.1) is 0 Å². The van der Waals surface area contributed by atoms with Crippen molar-refractivity contribution < 1.29 is 14.3 Å². The van der Waals surface area contributed by atoms with Crippen molar-refractivity contribution >= 4 is 5.78 Å². The molecule has 12 heavy (non-hydrogen) atoms. The molecule has 0 unspecified atom stereocenters. The second kappa shape index (κ2) is 3.45. The summed E-state index contributed by atoms with van der Waals surface area (Å²) in [5.41, 5.74) is 0.708. The molecule has 0 radical (unpaired) electrons. The van der Waals surface area contributed by atoms with E-state index in [9.17, 15) is 9.18 Å². The first-order valence-corrected chi connectivity index (χ1v) is 3.54. The summed E-state index contributed by atoms with van der Waals surface area (Å²) in [5, 5.41) is 8.69. The van der Waals surface area contributed by atoms with Gasteiger partial charge in [-0.1, -0.05) is 0 Å². The van der Waals surface area contributed by atoms with E-state index in [1.54, 1.807) is 0 Å². The molecule has 0 bridgehead atoms. The molecular weight excluding hydrogens is 159 g/mol. The number of ketones is 1. The Morgan fingerprint density at radius 2 is 2.17 bits per heavy atom. The summed E-state index contributed by atoms with van der Waals surface area (Å²) in [4.78, 5) is 10.8. The van der Waals surface area contributed by atoms with E-state index in [4.69, 9.17) is 5.11 Å². The lowest BCUT2D eigenvalue weighted by Crippen LogP contribution is -1.95. The first kappa shape index (κ1) is 8.87. The number of hydrogen-bond acceptors (Lipinski definition) is 2. The van der Waals surface area contributed by atoms with Crippen LogP contribution in [0.1, 0.15) is 22.8 Å². The molecule has 0 atom stereocenters. The Morgan fingerprint density at radius 3 is 2.67 bits per heavy atom. The van der Waals surface area contributed by atoms with Gasteiger partial charge in [-0.25, -0.2) is 4.39 Å². The Labute approximate surface area is 69.6 Å². The lowest BCUT2D eigenvalue weighted by molar-refractivity contribution is 0.101. The van der Waals surface area contributed by atoms with Gasteiger partial charge >= 0.3 is 0 Å². The number of aliphatic hydroxyl groups excluding tert-OH is 1. The van der Waals surface area contributed by atoms with Crippen molar-refractivity contribution in [1.82, 2.24) is 0 Å². The maximum absolute atomic E-state index is 12.7. The normalized spacial score (nSPS) is 9.92. The van der Waals surface area contributed by atoms with E-state index in [1.807, 2.05) is 0 Å². The fourth-order valence-corrected chi connectivity index (χ4v) is 0.945. The molecule has 1 aromatic carbocycles. The van der Waals surface area contributed by atoms with Crippen molar-refractivity contribution in [2.45, 2.75) is 13.5 Å². The maximum atomic E-state index is 12.7. The van der Waals surface area contributed by atoms with E-state index in [2.05, 4.69) is 0 Å². The van der Waals surface area contributed by atoms with Gasteiger partial charge < -0.3 is 5.11 Å². The Bertz CT molecular complexity index is 307. The molecule has 0 saturated heterocycles. The summed E-state index contributed by atoms with van der Waals surface area (Å²) < 4.78 is 12.7. The largest absolute Gasteiger partial charge is 0.392 e. The third-order valence-corrected chi connectivity index (χ3v) is 1.55. The van der Waals surface area contributed by atoms with Crippen LogP contribution in [-0.4, -0.2) is 10.9 Å². The molecule has 0 heterocycles. The van der Waals surface area contributed by atoms with Crippen LogP contribution in [0.2, 0.25) is 0 Å². The molecule has 0 aliphatic heterocycles. The average Bonchev–Trinajstić information content (AvgIpc) is 2.03. The Kier molecular flexibility index (Phi) is 2.55. The molecule has 0 fully saturated rings. The summed E-state index contributed by atoms with van der Waals surface area (Å²) in [7, 11) is 0. The third kappa shape index (κ3) is 1.89. The smallest absolute Gasteiger partial charge is 0.159 e. The molecular formula is C9H9FO2. The van der Waals surface area contributed by atoms with E-state index in [0.29, 0.717) is 11.1 Å². The Balaban J connectivity index is 3.15. The van der Waals surface area contributed by atoms with Crippen LogP contribution < -0.4 is 0 Å². The van der Waals surface area contributed by atoms with Gasteiger partial charge in [0, 0.05) is 5.56 Å². The molecule has 1 N–H and O–H groups in total. The Morgan fingerprint density at radius 1 is 1.50 bits per heavy atom. The monoisotopic (exact) mass is 168 g/mol. The summed E-state index contributed by atoms with van der Waals surface area (Å²) in [5.74, 6) is -0.698. The van der Waals surface area contributed by atoms with Gasteiger partial charge in [0.15, 0.2) is 5.78 Å². The summed E-state index contributed by atoms with van der Waals surface area (Å²) in [6.45, 7) is 1.11. The number of rotatable bonds is 2. The SMILES string of the molecule is CC(=O)c1cc(F)cc(CO)c1. The minimum atomic E-state index is -0.494. The molecule has 0 amide bonds. The zero-order chi connectivity index (χ0) is 9.14. The van der Waals surface area contributed by atoms with Gasteiger partial charge in [0.25, 0.3) is 0 Å². The standard InChI is InChI=1S/C9H9FO2/c1-6(12)8-2-7(5-11)3-9(10)4-8/h2-4,11H,5H2,1H3. The van der Waals surface area contributed by atoms with Crippen molar-refractivity contribution in [3.05, 3.63) is 35.1 Å². The Hall–Kier alpha value is -1.22. The van der Waals surface area contributed by atoms with Crippen LogP contribution in [0.25, 0.3) is 0 Å². The quantitative estimate of drug-likeness (QED) is 0.680. The van der Waals surface area contributed by atoms with Crippen molar-refractivity contribution in [1.29, 1.82) is 0 Å². The minimum Gasteiger partial charge on any atom is -0.392 e. The number of carbonyl (C=O) groups excluding carboxylic acids is 1. The number of carbonyl (C=O) groups is 1. The van der Waals surface area contributed by atoms with Gasteiger partial charge in [-0.05, 0) is 30.7 Å². The van der Waals surface area contributed by atoms with E-state index < -0.39 is 5.82 Å². The highest BCUT2D eigenvalue weighted by molar-refractivity contribution is 5.94. The number of halogens is 1. The predicted octanol–water partition coefficient (Wildman–Crippen LogP) is 1.52. The fourth-order valence-electron chi connectivity index (χ4n) is 0.945. The third-order valence-electron chi connectivity index (χ3n) is 1.55. The highest BCUT2D eigenvalue weighted by atomic mass is 19.1. The molecule has 0 aromatic heterocycles. The van der Waals surface area contributed by atoms with Crippen LogP contribution in [0.5, 0.6) is 0 Å². The zero-order valence-electron chi connectivity index (χ0n) is 6.67. The minimum absolute atomic E-state index is 0.204. The number of Topliss-reactive ketones (excluding diaryl/α,β-unsaturated/α-hetero) is 1. The summed E-state index contributed by atoms with van der Waals surface area (Å²) in [6.07, 6.45) is 0. The molecule has 0 aliphatic rings. The number of benzene rings is 1. The van der Waals surface area contributed by atoms with Crippen LogP contribution in [0.3, 0.4) is 0 Å². The van der Waals surface area contributed by atoms with E-state index in [0.717, 1.165) is 6.07 Å². The van der Waals surface area contributed by atoms with E-state index in [1.165, 1.54) is 19.1 Å². The molecule has 3 heteroatoms. The molecule has 0 saturated carbocycles. The lowest BCUT2D eigenvalue weighted by atomic mass is 10.1. The highest BCUT2D eigenvalue weighted by Gasteiger charge is 2.03. The average molecular weight is 168 g/mol. The van der Waals surface area contributed by atoms with Crippen molar-refractivity contribution in [2.75, 3.05) is 0 Å². The van der Waals surface area contributed by atoms with Gasteiger partial charge in [0.2, 0.25) is 0 Å². The van der Waals surface area contributed by atoms with Crippen LogP contribution in [0, 0.1) is 5.82 Å². The number of hydrogen-bond donors (Lipinski definition) is 1. The lowest BCUT2D eigenvalue weighted by Gasteiger charge is -1.99. The maximum Gasteiger partial charge on any atom is 0.159 e. The molecule has 2 nitrogen and oxygen atoms in total. The topological polar surface area (TPSA) is 37.3 Å². The second-order valence-corrected chi connectivity index (χ2v) is 2.56. The fraction of sp³-hybridized carbons (Fsp3) is 0.222. The second-order valence-electron chi connectivity index (χ2n) is 2.56. The van der Waals surface area contributed by atoms with Crippen molar-refractivity contribution in [2.24, 2.45) is 0 Å². The first-order chi connectivity index (χ1) is 5.63. The van der Waals surface area contributed by atoms with Crippen LogP contribution in [0.4, 0.5) is 4.39 Å². The van der Waals surface area contributed by atoms with Gasteiger partial charge in [0.05, 0.1) is 6.61 Å². The molecule has 1 aromatic rings. The zero-order valence-corrected chi connectivity index (χ0v) is 6.67. The van der Waals surface area contributed by atoms with E-state index in [-0.39, 0.29) is 12.4 Å². The van der Waals surface area contributed by atoms with E-state index >= 15 is 0 Å². The van der Waals surface area contributed by atoms with Crippen LogP contribution >= 0.6 is 0 Å². The van der Waals surface area contributed by atoms with Crippen molar-refractivity contribution in [3.63, 3.8) is 0 Å². The summed E-state index contributed by atoms with van der Waals surface area (Å²) >= 11 is 0. The highest BCUT2D eigenvalue weighted by Crippen LogP contribution is 2.09. The molecule has 1 rings (SSSR count). The molecule has 0 spiro atoms. The molecule has 64 valence electrons. The van der Waals surface area contributed by atoms with Gasteiger partial charge in [-0.2, -0.15) is 0 Å². The molecule has 0 aliphatic carbocycles.